The molecule has 2 aromatic rings. The second-order valence-electron chi connectivity index (χ2n) is 8.23. The topological polar surface area (TPSA) is 52.2 Å². The Hall–Kier alpha value is -2.14. The van der Waals surface area contributed by atoms with Gasteiger partial charge in [-0.25, -0.2) is 0 Å². The fourth-order valence-electron chi connectivity index (χ4n) is 4.56. The summed E-state index contributed by atoms with van der Waals surface area (Å²) in [5.41, 5.74) is 4.69. The van der Waals surface area contributed by atoms with Crippen molar-refractivity contribution in [2.24, 2.45) is 5.92 Å². The number of nitrogens with one attached hydrogen (secondary N) is 1. The van der Waals surface area contributed by atoms with E-state index in [9.17, 15) is 4.79 Å². The summed E-state index contributed by atoms with van der Waals surface area (Å²) in [7, 11) is 0. The van der Waals surface area contributed by atoms with Crippen LogP contribution in [0.3, 0.4) is 0 Å². The maximum absolute atomic E-state index is 12.9. The lowest BCUT2D eigenvalue weighted by atomic mass is 9.94. The van der Waals surface area contributed by atoms with Crippen LogP contribution >= 0.6 is 0 Å². The largest absolute Gasteiger partial charge is 0.341 e. The van der Waals surface area contributed by atoms with Gasteiger partial charge in [-0.1, -0.05) is 30.3 Å². The zero-order valence-electron chi connectivity index (χ0n) is 16.4. The fourth-order valence-corrected chi connectivity index (χ4v) is 4.56. The van der Waals surface area contributed by atoms with Crippen molar-refractivity contribution in [1.82, 2.24) is 20.0 Å². The molecule has 144 valence electrons. The van der Waals surface area contributed by atoms with Crippen molar-refractivity contribution in [1.29, 1.82) is 0 Å². The first-order valence-corrected chi connectivity index (χ1v) is 10.2. The maximum Gasteiger partial charge on any atom is 0.223 e. The standard InChI is InChI=1S/C22H30N4O/c1-16-17(2)23-24-21(16)10-11-22(27)26-14-19-8-9-20(15-26)25(13-19)12-18-6-4-3-5-7-18/h3-7,19-20H,8-15H2,1-2H3,(H,23,24)/t19-,20-/m1/s1. The third kappa shape index (κ3) is 4.08. The summed E-state index contributed by atoms with van der Waals surface area (Å²) >= 11 is 0. The number of aromatic nitrogens is 2. The zero-order chi connectivity index (χ0) is 18.8. The number of carbonyl (C=O) groups excluding carboxylic acids is 1. The Morgan fingerprint density at radius 3 is 2.70 bits per heavy atom. The van der Waals surface area contributed by atoms with E-state index in [4.69, 9.17) is 0 Å². The Balaban J connectivity index is 1.37. The van der Waals surface area contributed by atoms with Crippen molar-refractivity contribution in [3.05, 3.63) is 52.8 Å². The van der Waals surface area contributed by atoms with Gasteiger partial charge in [-0.15, -0.1) is 0 Å². The Morgan fingerprint density at radius 1 is 1.15 bits per heavy atom. The molecule has 0 unspecified atom stereocenters. The molecule has 2 bridgehead atoms. The lowest BCUT2D eigenvalue weighted by molar-refractivity contribution is -0.131. The van der Waals surface area contributed by atoms with E-state index in [0.29, 0.717) is 18.4 Å². The molecule has 3 saturated heterocycles. The van der Waals surface area contributed by atoms with Crippen molar-refractivity contribution >= 4 is 5.91 Å². The first-order valence-electron chi connectivity index (χ1n) is 10.2. The molecule has 5 heteroatoms. The zero-order valence-corrected chi connectivity index (χ0v) is 16.4. The number of nitrogens with zero attached hydrogens (tertiary/aromatic N) is 3. The van der Waals surface area contributed by atoms with Crippen LogP contribution in [-0.4, -0.2) is 51.6 Å². The Bertz CT molecular complexity index is 785. The Labute approximate surface area is 161 Å². The molecule has 5 nitrogen and oxygen atoms in total. The number of fused-ring (bicyclic) bond motifs is 4. The van der Waals surface area contributed by atoms with Gasteiger partial charge in [0.1, 0.15) is 0 Å². The van der Waals surface area contributed by atoms with Crippen molar-refractivity contribution < 1.29 is 4.79 Å². The van der Waals surface area contributed by atoms with Gasteiger partial charge in [-0.3, -0.25) is 14.8 Å². The van der Waals surface area contributed by atoms with Crippen LogP contribution < -0.4 is 0 Å². The lowest BCUT2D eigenvalue weighted by Gasteiger charge is -2.36. The van der Waals surface area contributed by atoms with Gasteiger partial charge in [0.05, 0.1) is 5.69 Å². The lowest BCUT2D eigenvalue weighted by Crippen LogP contribution is -2.43. The molecule has 0 saturated carbocycles. The van der Waals surface area contributed by atoms with Crippen molar-refractivity contribution in [3.8, 4) is 0 Å². The normalized spacial score (nSPS) is 22.8. The van der Waals surface area contributed by atoms with Gasteiger partial charge in [0.25, 0.3) is 0 Å². The first-order chi connectivity index (χ1) is 13.1. The molecule has 3 fully saturated rings. The average molecular weight is 367 g/mol. The van der Waals surface area contributed by atoms with E-state index in [2.05, 4.69) is 57.3 Å². The van der Waals surface area contributed by atoms with E-state index < -0.39 is 0 Å². The van der Waals surface area contributed by atoms with Crippen LogP contribution in [0.2, 0.25) is 0 Å². The van der Waals surface area contributed by atoms with Gasteiger partial charge in [0, 0.05) is 50.8 Å². The molecular weight excluding hydrogens is 336 g/mol. The van der Waals surface area contributed by atoms with Gasteiger partial charge >= 0.3 is 0 Å². The first kappa shape index (κ1) is 18.2. The Morgan fingerprint density at radius 2 is 1.96 bits per heavy atom. The molecule has 3 aliphatic heterocycles. The summed E-state index contributed by atoms with van der Waals surface area (Å²) in [5, 5.41) is 7.37. The van der Waals surface area contributed by atoms with Crippen LogP contribution in [0, 0.1) is 19.8 Å². The third-order valence-corrected chi connectivity index (χ3v) is 6.34. The molecule has 5 rings (SSSR count). The molecule has 1 amide bonds. The number of aromatic amines is 1. The molecule has 2 atom stereocenters. The summed E-state index contributed by atoms with van der Waals surface area (Å²) in [5.74, 6) is 0.888. The molecule has 3 aliphatic rings. The molecule has 0 radical (unpaired) electrons. The van der Waals surface area contributed by atoms with E-state index in [1.54, 1.807) is 0 Å². The smallest absolute Gasteiger partial charge is 0.223 e. The van der Waals surface area contributed by atoms with Gasteiger partial charge in [0.2, 0.25) is 5.91 Å². The van der Waals surface area contributed by atoms with Gasteiger partial charge in [-0.2, -0.15) is 5.10 Å². The summed E-state index contributed by atoms with van der Waals surface area (Å²) < 4.78 is 0. The number of aryl methyl sites for hydroxylation is 2. The quantitative estimate of drug-likeness (QED) is 0.885. The van der Waals surface area contributed by atoms with Crippen LogP contribution in [0.25, 0.3) is 0 Å². The Kier molecular flexibility index (Phi) is 5.30. The highest BCUT2D eigenvalue weighted by Crippen LogP contribution is 2.29. The molecule has 27 heavy (non-hydrogen) atoms. The van der Waals surface area contributed by atoms with Gasteiger partial charge in [0.15, 0.2) is 0 Å². The molecule has 1 N–H and O–H groups in total. The van der Waals surface area contributed by atoms with Crippen molar-refractivity contribution in [2.45, 2.75) is 52.1 Å². The number of H-pyrrole nitrogens is 1. The molecule has 1 aromatic carbocycles. The molecule has 4 heterocycles. The molecule has 0 aliphatic carbocycles. The molecule has 1 aromatic heterocycles. The average Bonchev–Trinajstić information content (AvgIpc) is 2.85. The van der Waals surface area contributed by atoms with Crippen LogP contribution in [0.5, 0.6) is 0 Å². The van der Waals surface area contributed by atoms with E-state index in [1.165, 1.54) is 24.0 Å². The summed E-state index contributed by atoms with van der Waals surface area (Å²) in [6.07, 6.45) is 3.74. The summed E-state index contributed by atoms with van der Waals surface area (Å²) in [6, 6.07) is 11.2. The SMILES string of the molecule is Cc1[nH]nc(CCC(=O)N2C[C@@H]3CC[C@H](C2)N(Cc2ccccc2)C3)c1C. The van der Waals surface area contributed by atoms with E-state index in [0.717, 1.165) is 44.0 Å². The highest BCUT2D eigenvalue weighted by molar-refractivity contribution is 5.76. The fraction of sp³-hybridized carbons (Fsp3) is 0.545. The van der Waals surface area contributed by atoms with E-state index in [-0.39, 0.29) is 5.91 Å². The van der Waals surface area contributed by atoms with E-state index in [1.807, 2.05) is 6.92 Å². The summed E-state index contributed by atoms with van der Waals surface area (Å²) in [4.78, 5) is 17.6. The number of hydrogen-bond acceptors (Lipinski definition) is 3. The number of piperidine rings is 1. The highest BCUT2D eigenvalue weighted by Gasteiger charge is 2.36. The minimum Gasteiger partial charge on any atom is -0.341 e. The van der Waals surface area contributed by atoms with Gasteiger partial charge in [-0.05, 0) is 43.7 Å². The second kappa shape index (κ2) is 7.85. The monoisotopic (exact) mass is 366 g/mol. The minimum atomic E-state index is 0.286. The van der Waals surface area contributed by atoms with Crippen molar-refractivity contribution in [2.75, 3.05) is 19.6 Å². The number of benzene rings is 1. The minimum absolute atomic E-state index is 0.286. The second-order valence-corrected chi connectivity index (χ2v) is 8.23. The van der Waals surface area contributed by atoms with Crippen molar-refractivity contribution in [3.63, 3.8) is 0 Å². The molecular formula is C22H30N4O. The van der Waals surface area contributed by atoms with Crippen LogP contribution in [-0.2, 0) is 17.8 Å². The number of carbonyl (C=O) groups is 1. The predicted molar refractivity (Wildman–Crippen MR) is 106 cm³/mol. The van der Waals surface area contributed by atoms with Crippen LogP contribution in [0.15, 0.2) is 30.3 Å². The van der Waals surface area contributed by atoms with Crippen LogP contribution in [0.4, 0.5) is 0 Å². The predicted octanol–water partition coefficient (Wildman–Crippen LogP) is 3.08. The maximum atomic E-state index is 12.9. The van der Waals surface area contributed by atoms with Crippen LogP contribution in [0.1, 0.15) is 41.8 Å². The highest BCUT2D eigenvalue weighted by atomic mass is 16.2. The van der Waals surface area contributed by atoms with Gasteiger partial charge < -0.3 is 4.90 Å². The third-order valence-electron chi connectivity index (χ3n) is 6.34. The number of hydrogen-bond donors (Lipinski definition) is 1. The molecule has 0 spiro atoms. The summed E-state index contributed by atoms with van der Waals surface area (Å²) in [6.45, 7) is 8.00. The van der Waals surface area contributed by atoms with E-state index >= 15 is 0 Å². The number of amides is 1. The number of rotatable bonds is 5.